The fourth-order valence-corrected chi connectivity index (χ4v) is 3.41. The summed E-state index contributed by atoms with van der Waals surface area (Å²) >= 11 is 0. The van der Waals surface area contributed by atoms with Crippen molar-refractivity contribution >= 4 is 5.91 Å². The molecule has 2 unspecified atom stereocenters. The number of amides is 1. The average Bonchev–Trinajstić information content (AvgIpc) is 2.67. The number of aryl methyl sites for hydroxylation is 1. The molecule has 0 aliphatic carbocycles. The van der Waals surface area contributed by atoms with Crippen molar-refractivity contribution in [2.24, 2.45) is 5.92 Å². The highest BCUT2D eigenvalue weighted by Gasteiger charge is 2.26. The summed E-state index contributed by atoms with van der Waals surface area (Å²) in [6.07, 6.45) is 1.77. The van der Waals surface area contributed by atoms with Gasteiger partial charge in [0, 0.05) is 6.54 Å². The lowest BCUT2D eigenvalue weighted by Crippen LogP contribution is -2.41. The van der Waals surface area contributed by atoms with Crippen LogP contribution in [-0.2, 0) is 17.6 Å². The molecule has 0 spiro atoms. The Morgan fingerprint density at radius 2 is 1.92 bits per heavy atom. The highest BCUT2D eigenvalue weighted by Crippen LogP contribution is 2.27. The number of nitrogens with zero attached hydrogens (tertiary/aromatic N) is 1. The number of hydrogen-bond donors (Lipinski definition) is 1. The van der Waals surface area contributed by atoms with Gasteiger partial charge in [0.2, 0.25) is 5.91 Å². The number of carbonyl (C=O) groups is 1. The van der Waals surface area contributed by atoms with Gasteiger partial charge >= 0.3 is 0 Å². The Morgan fingerprint density at radius 3 is 2.62 bits per heavy atom. The molecule has 0 aromatic heterocycles. The molecule has 138 valence electrons. The smallest absolute Gasteiger partial charge is 0.226 e. The fourth-order valence-electron chi connectivity index (χ4n) is 3.41. The number of fused-ring (bicyclic) bond motifs is 1. The predicted molar refractivity (Wildman–Crippen MR) is 104 cm³/mol. The van der Waals surface area contributed by atoms with Crippen LogP contribution in [0.5, 0.6) is 5.75 Å². The van der Waals surface area contributed by atoms with Gasteiger partial charge in [-0.05, 0) is 49.7 Å². The van der Waals surface area contributed by atoms with Crippen LogP contribution >= 0.6 is 0 Å². The lowest BCUT2D eigenvalue weighted by Gasteiger charge is -2.28. The Balaban J connectivity index is 1.61. The van der Waals surface area contributed by atoms with E-state index in [1.807, 2.05) is 38.4 Å². The third-order valence-corrected chi connectivity index (χ3v) is 5.12. The molecule has 4 nitrogen and oxygen atoms in total. The molecule has 2 aromatic carbocycles. The number of rotatable bonds is 6. The van der Waals surface area contributed by atoms with Crippen molar-refractivity contribution in [3.8, 4) is 5.75 Å². The maximum Gasteiger partial charge on any atom is 0.226 e. The van der Waals surface area contributed by atoms with E-state index < -0.39 is 0 Å². The third kappa shape index (κ3) is 4.25. The number of hydrogen-bond acceptors (Lipinski definition) is 3. The topological polar surface area (TPSA) is 41.6 Å². The van der Waals surface area contributed by atoms with E-state index in [-0.39, 0.29) is 17.9 Å². The zero-order valence-corrected chi connectivity index (χ0v) is 15.9. The average molecular weight is 352 g/mol. The van der Waals surface area contributed by atoms with Crippen LogP contribution in [0.25, 0.3) is 0 Å². The van der Waals surface area contributed by atoms with E-state index in [9.17, 15) is 4.79 Å². The van der Waals surface area contributed by atoms with E-state index in [4.69, 9.17) is 4.74 Å². The molecule has 0 fully saturated rings. The van der Waals surface area contributed by atoms with E-state index in [1.165, 1.54) is 11.1 Å². The maximum absolute atomic E-state index is 12.7. The van der Waals surface area contributed by atoms with Gasteiger partial charge in [-0.1, -0.05) is 49.4 Å². The summed E-state index contributed by atoms with van der Waals surface area (Å²) in [4.78, 5) is 14.8. The Labute approximate surface area is 156 Å². The Morgan fingerprint density at radius 1 is 1.19 bits per heavy atom. The number of likely N-dealkylation sites (N-methyl/N-ethyl adjacent to an activating group) is 1. The maximum atomic E-state index is 12.7. The number of benzene rings is 2. The Kier molecular flexibility index (Phi) is 5.94. The van der Waals surface area contributed by atoms with E-state index in [0.717, 1.165) is 24.2 Å². The standard InChI is InChI=1S/C22H28N2O2/c1-4-16-9-11-17(12-10-16)20(24(2)3)14-23-22(25)19-13-18-7-5-6-8-21(18)26-15-19/h5-12,19-20H,4,13-15H2,1-3H3,(H,23,25). The number of para-hydroxylation sites is 1. The molecule has 0 bridgehead atoms. The second-order valence-electron chi connectivity index (χ2n) is 7.14. The van der Waals surface area contributed by atoms with Crippen molar-refractivity contribution in [1.29, 1.82) is 0 Å². The summed E-state index contributed by atoms with van der Waals surface area (Å²) in [6.45, 7) is 3.19. The third-order valence-electron chi connectivity index (χ3n) is 5.12. The summed E-state index contributed by atoms with van der Waals surface area (Å²) in [5.74, 6) is 0.838. The molecule has 0 radical (unpaired) electrons. The molecule has 1 amide bonds. The van der Waals surface area contributed by atoms with Gasteiger partial charge in [0.15, 0.2) is 0 Å². The summed E-state index contributed by atoms with van der Waals surface area (Å²) < 4.78 is 5.75. The monoisotopic (exact) mass is 352 g/mol. The van der Waals surface area contributed by atoms with Crippen LogP contribution in [0.3, 0.4) is 0 Å². The van der Waals surface area contributed by atoms with E-state index >= 15 is 0 Å². The highest BCUT2D eigenvalue weighted by molar-refractivity contribution is 5.79. The second-order valence-corrected chi connectivity index (χ2v) is 7.14. The molecule has 4 heteroatoms. The minimum Gasteiger partial charge on any atom is -0.492 e. The van der Waals surface area contributed by atoms with Crippen LogP contribution in [0.2, 0.25) is 0 Å². The van der Waals surface area contributed by atoms with E-state index in [2.05, 4.69) is 41.4 Å². The van der Waals surface area contributed by atoms with Crippen molar-refractivity contribution in [3.05, 3.63) is 65.2 Å². The summed E-state index contributed by atoms with van der Waals surface area (Å²) in [5.41, 5.74) is 3.66. The molecule has 1 aliphatic rings. The minimum atomic E-state index is -0.129. The molecule has 1 heterocycles. The number of ether oxygens (including phenoxy) is 1. The fraction of sp³-hybridized carbons (Fsp3) is 0.409. The first-order valence-corrected chi connectivity index (χ1v) is 9.32. The van der Waals surface area contributed by atoms with Crippen molar-refractivity contribution in [1.82, 2.24) is 10.2 Å². The van der Waals surface area contributed by atoms with Crippen LogP contribution in [0.15, 0.2) is 48.5 Å². The summed E-state index contributed by atoms with van der Waals surface area (Å²) in [7, 11) is 4.09. The summed E-state index contributed by atoms with van der Waals surface area (Å²) in [6, 6.07) is 16.8. The summed E-state index contributed by atoms with van der Waals surface area (Å²) in [5, 5.41) is 3.13. The highest BCUT2D eigenvalue weighted by atomic mass is 16.5. The minimum absolute atomic E-state index is 0.0662. The van der Waals surface area contributed by atoms with Crippen molar-refractivity contribution < 1.29 is 9.53 Å². The van der Waals surface area contributed by atoms with Crippen LogP contribution in [0, 0.1) is 5.92 Å². The van der Waals surface area contributed by atoms with Gasteiger partial charge in [-0.15, -0.1) is 0 Å². The molecule has 1 N–H and O–H groups in total. The van der Waals surface area contributed by atoms with Gasteiger partial charge in [0.05, 0.1) is 12.0 Å². The van der Waals surface area contributed by atoms with Crippen molar-refractivity contribution in [3.63, 3.8) is 0 Å². The SMILES string of the molecule is CCc1ccc(C(CNC(=O)C2COc3ccccc3C2)N(C)C)cc1. The van der Waals surface area contributed by atoms with Crippen LogP contribution < -0.4 is 10.1 Å². The van der Waals surface area contributed by atoms with Gasteiger partial charge in [0.1, 0.15) is 12.4 Å². The van der Waals surface area contributed by atoms with Gasteiger partial charge in [-0.2, -0.15) is 0 Å². The molecule has 1 aliphatic heterocycles. The predicted octanol–water partition coefficient (Wildman–Crippen LogP) is 3.22. The molecule has 0 saturated heterocycles. The van der Waals surface area contributed by atoms with Crippen molar-refractivity contribution in [2.75, 3.05) is 27.2 Å². The Hall–Kier alpha value is -2.33. The second kappa shape index (κ2) is 8.37. The number of nitrogens with one attached hydrogen (secondary N) is 1. The normalized spacial score (nSPS) is 17.3. The first kappa shape index (κ1) is 18.5. The molecule has 2 aromatic rings. The molecule has 2 atom stereocenters. The quantitative estimate of drug-likeness (QED) is 0.868. The lowest BCUT2D eigenvalue weighted by molar-refractivity contribution is -0.126. The molecule has 26 heavy (non-hydrogen) atoms. The van der Waals surface area contributed by atoms with Crippen molar-refractivity contribution in [2.45, 2.75) is 25.8 Å². The van der Waals surface area contributed by atoms with E-state index in [1.54, 1.807) is 0 Å². The first-order valence-electron chi connectivity index (χ1n) is 9.32. The molecular formula is C22H28N2O2. The van der Waals surface area contributed by atoms with Gasteiger partial charge in [-0.25, -0.2) is 0 Å². The molecule has 0 saturated carbocycles. The largest absolute Gasteiger partial charge is 0.492 e. The van der Waals surface area contributed by atoms with Crippen LogP contribution in [0.4, 0.5) is 0 Å². The number of carbonyl (C=O) groups excluding carboxylic acids is 1. The lowest BCUT2D eigenvalue weighted by atomic mass is 9.95. The van der Waals surface area contributed by atoms with Crippen LogP contribution in [-0.4, -0.2) is 38.1 Å². The zero-order chi connectivity index (χ0) is 18.5. The van der Waals surface area contributed by atoms with Crippen LogP contribution in [0.1, 0.15) is 29.7 Å². The van der Waals surface area contributed by atoms with Gasteiger partial charge in [-0.3, -0.25) is 4.79 Å². The van der Waals surface area contributed by atoms with Gasteiger partial charge in [0.25, 0.3) is 0 Å². The van der Waals surface area contributed by atoms with E-state index in [0.29, 0.717) is 13.2 Å². The van der Waals surface area contributed by atoms with Gasteiger partial charge < -0.3 is 15.0 Å². The molecule has 3 rings (SSSR count). The Bertz CT molecular complexity index is 740. The zero-order valence-electron chi connectivity index (χ0n) is 15.9. The first-order chi connectivity index (χ1) is 12.6. The molecular weight excluding hydrogens is 324 g/mol.